The smallest absolute Gasteiger partial charge is 1.00 e. The Morgan fingerprint density at radius 2 is 1.18 bits per heavy atom. The maximum absolute atomic E-state index is 9.83. The quantitative estimate of drug-likeness (QED) is 0.125. The number of fused-ring (bicyclic) bond motifs is 2. The fourth-order valence-corrected chi connectivity index (χ4v) is 6.35. The summed E-state index contributed by atoms with van der Waals surface area (Å²) in [5.41, 5.74) is 15.7. The zero-order valence-corrected chi connectivity index (χ0v) is 33.9. The molecule has 0 aliphatic carbocycles. The Bertz CT molecular complexity index is 2460. The van der Waals surface area contributed by atoms with E-state index in [1.165, 1.54) is 11.8 Å². The Kier molecular flexibility index (Phi) is 16.5. The van der Waals surface area contributed by atoms with Gasteiger partial charge in [0.05, 0.1) is 16.8 Å². The van der Waals surface area contributed by atoms with Crippen molar-refractivity contribution in [1.82, 2.24) is 9.97 Å². The van der Waals surface area contributed by atoms with E-state index < -0.39 is 0 Å². The van der Waals surface area contributed by atoms with Crippen LogP contribution in [-0.2, 0) is 0 Å². The van der Waals surface area contributed by atoms with Crippen LogP contribution in [0.15, 0.2) is 102 Å². The summed E-state index contributed by atoms with van der Waals surface area (Å²) in [5, 5.41) is 39.1. The van der Waals surface area contributed by atoms with E-state index in [0.29, 0.717) is 67.1 Å². The van der Waals surface area contributed by atoms with Crippen molar-refractivity contribution in [2.75, 3.05) is 25.1 Å². The molecule has 0 fully saturated rings. The molecule has 0 spiro atoms. The zero-order valence-electron chi connectivity index (χ0n) is 31.0. The van der Waals surface area contributed by atoms with Crippen LogP contribution >= 0.6 is 11.8 Å². The molecule has 0 saturated heterocycles. The number of halogens is 1. The Morgan fingerprint density at radius 3 is 1.63 bits per heavy atom. The van der Waals surface area contributed by atoms with Gasteiger partial charge in [0.15, 0.2) is 23.0 Å². The SMILES string of the molecule is C=CC(C)c1nc(N)c(C#N)c(-c2ccc3c(c2)OCO3)c1C#N.C=C[CH-]C.N#Cc1c(N)nc(Sc2ccccc2)c(C#N)c1-c1ccc2c(c1)OCO2.[Cl-].[Mg+2]. The van der Waals surface area contributed by atoms with Crippen molar-refractivity contribution in [1.29, 1.82) is 21.0 Å². The molecule has 1 unspecified atom stereocenters. The number of anilines is 2. The standard InChI is InChI=1S/C20H12N4O2S.C18H14N4O2.C4H7.ClH.Mg/c21-9-14-18(12-6-7-16-17(8-12)26-11-25-16)15(10-22)20(24-19(14)23)27-13-4-2-1-3-5-13;1-3-10(2)17-12(7-19)16(13(8-20)18(21)22-17)11-4-5-14-15(6-11)24-9-23-14;1-3-4-2;;/h1-8H,11H2,(H2,23,24);3-6,10H,1,9H2,2H3,(H2,21,22);3-4H,1H2,2H3;1H;/q;;-1;;+2/p-1. The number of ether oxygens (including phenoxy) is 4. The van der Waals surface area contributed by atoms with Gasteiger partial charge in [-0.05, 0) is 47.5 Å². The third-order valence-electron chi connectivity index (χ3n) is 8.19. The minimum absolute atomic E-state index is 0. The van der Waals surface area contributed by atoms with Crippen molar-refractivity contribution in [3.8, 4) is 69.5 Å². The van der Waals surface area contributed by atoms with Gasteiger partial charge in [-0.25, -0.2) is 29.0 Å². The molecule has 1 atom stereocenters. The summed E-state index contributed by atoms with van der Waals surface area (Å²) in [7, 11) is 0. The van der Waals surface area contributed by atoms with Crippen LogP contribution in [0.25, 0.3) is 22.3 Å². The van der Waals surface area contributed by atoms with E-state index in [9.17, 15) is 21.0 Å². The second-order valence-corrected chi connectivity index (χ2v) is 12.6. The summed E-state index contributed by atoms with van der Waals surface area (Å²) >= 11 is 1.33. The maximum Gasteiger partial charge on any atom is 2.00 e. The molecule has 57 heavy (non-hydrogen) atoms. The topological polar surface area (TPSA) is 210 Å². The van der Waals surface area contributed by atoms with Crippen molar-refractivity contribution in [3.05, 3.63) is 126 Å². The summed E-state index contributed by atoms with van der Waals surface area (Å²) < 4.78 is 21.4. The molecule has 15 heteroatoms. The van der Waals surface area contributed by atoms with Gasteiger partial charge in [0.2, 0.25) is 13.6 Å². The molecule has 2 aliphatic heterocycles. The van der Waals surface area contributed by atoms with E-state index in [4.69, 9.17) is 30.4 Å². The number of pyridine rings is 2. The fraction of sp³-hybridized carbons (Fsp3) is 0.119. The zero-order chi connectivity index (χ0) is 39.5. The van der Waals surface area contributed by atoms with Crippen LogP contribution in [0.1, 0.15) is 47.7 Å². The molecule has 0 bridgehead atoms. The number of rotatable bonds is 7. The second-order valence-electron chi connectivity index (χ2n) is 11.5. The van der Waals surface area contributed by atoms with Crippen LogP contribution in [0.2, 0.25) is 0 Å². The van der Waals surface area contributed by atoms with Gasteiger partial charge in [-0.2, -0.15) is 21.0 Å². The second kappa shape index (κ2) is 21.0. The van der Waals surface area contributed by atoms with Crippen LogP contribution in [-0.4, -0.2) is 46.6 Å². The maximum atomic E-state index is 9.83. The van der Waals surface area contributed by atoms with Crippen molar-refractivity contribution >= 4 is 46.5 Å². The third kappa shape index (κ3) is 9.84. The minimum Gasteiger partial charge on any atom is -1.00 e. The van der Waals surface area contributed by atoms with E-state index in [1.807, 2.05) is 50.6 Å². The molecule has 12 nitrogen and oxygen atoms in total. The van der Waals surface area contributed by atoms with Crippen molar-refractivity contribution in [2.24, 2.45) is 0 Å². The van der Waals surface area contributed by atoms with Crippen LogP contribution < -0.4 is 42.8 Å². The van der Waals surface area contributed by atoms with E-state index >= 15 is 0 Å². The Morgan fingerprint density at radius 1 is 0.719 bits per heavy atom. The Balaban J connectivity index is 0.000000272. The summed E-state index contributed by atoms with van der Waals surface area (Å²) in [6.07, 6.45) is 5.32. The molecule has 5 aromatic rings. The number of nitriles is 4. The number of nitrogen functional groups attached to an aromatic ring is 2. The van der Waals surface area contributed by atoms with E-state index in [2.05, 4.69) is 47.4 Å². The molecule has 2 aromatic heterocycles. The molecule has 0 radical (unpaired) electrons. The first-order chi connectivity index (χ1) is 26.7. The molecular formula is C42H33ClMgN8O4S. The first-order valence-corrected chi connectivity index (χ1v) is 17.4. The summed E-state index contributed by atoms with van der Waals surface area (Å²) in [6.45, 7) is 11.3. The van der Waals surface area contributed by atoms with E-state index in [0.717, 1.165) is 4.90 Å². The number of benzene rings is 3. The molecular weight excluding hydrogens is 772 g/mol. The molecule has 7 rings (SSSR count). The largest absolute Gasteiger partial charge is 2.00 e. The van der Waals surface area contributed by atoms with Gasteiger partial charge >= 0.3 is 23.1 Å². The molecule has 2 aliphatic rings. The van der Waals surface area contributed by atoms with Gasteiger partial charge in [0.1, 0.15) is 52.1 Å². The molecule has 280 valence electrons. The number of aromatic nitrogens is 2. The predicted octanol–water partition coefficient (Wildman–Crippen LogP) is 5.07. The van der Waals surface area contributed by atoms with Gasteiger partial charge < -0.3 is 42.8 Å². The normalized spacial score (nSPS) is 11.3. The molecule has 0 amide bonds. The summed E-state index contributed by atoms with van der Waals surface area (Å²) in [4.78, 5) is 9.48. The number of hydrogen-bond acceptors (Lipinski definition) is 13. The van der Waals surface area contributed by atoms with Crippen LogP contribution in [0.5, 0.6) is 23.0 Å². The molecule has 0 saturated carbocycles. The van der Waals surface area contributed by atoms with Gasteiger partial charge in [-0.15, -0.1) is 13.5 Å². The van der Waals surface area contributed by atoms with Crippen molar-refractivity contribution in [2.45, 2.75) is 29.7 Å². The van der Waals surface area contributed by atoms with Crippen LogP contribution in [0, 0.1) is 51.7 Å². The predicted molar refractivity (Wildman–Crippen MR) is 214 cm³/mol. The molecule has 4 N–H and O–H groups in total. The average molecular weight is 806 g/mol. The monoisotopic (exact) mass is 804 g/mol. The number of nitrogens with zero attached hydrogens (tertiary/aromatic N) is 6. The van der Waals surface area contributed by atoms with E-state index in [-0.39, 0.29) is 77.7 Å². The fourth-order valence-electron chi connectivity index (χ4n) is 5.44. The van der Waals surface area contributed by atoms with Gasteiger partial charge in [-0.3, -0.25) is 0 Å². The average Bonchev–Trinajstić information content (AvgIpc) is 3.90. The Hall–Kier alpha value is -6.52. The number of hydrogen-bond donors (Lipinski definition) is 2. The minimum atomic E-state index is -0.178. The first kappa shape index (κ1) is 44.9. The van der Waals surface area contributed by atoms with Gasteiger partial charge in [0.25, 0.3) is 0 Å². The number of nitrogens with two attached hydrogens (primary N) is 2. The van der Waals surface area contributed by atoms with Crippen molar-refractivity contribution in [3.63, 3.8) is 0 Å². The van der Waals surface area contributed by atoms with Crippen LogP contribution in [0.3, 0.4) is 0 Å². The van der Waals surface area contributed by atoms with Gasteiger partial charge in [0, 0.05) is 21.9 Å². The summed E-state index contributed by atoms with van der Waals surface area (Å²) in [6, 6.07) is 28.6. The van der Waals surface area contributed by atoms with Crippen molar-refractivity contribution < 1.29 is 31.4 Å². The Labute approximate surface area is 357 Å². The van der Waals surface area contributed by atoms with Gasteiger partial charge in [-0.1, -0.05) is 55.1 Å². The summed E-state index contributed by atoms with van der Waals surface area (Å²) in [5.74, 6) is 2.37. The third-order valence-corrected chi connectivity index (χ3v) is 9.19. The first-order valence-electron chi connectivity index (χ1n) is 16.6. The molecule has 4 heterocycles. The van der Waals surface area contributed by atoms with Crippen LogP contribution in [0.4, 0.5) is 11.6 Å². The van der Waals surface area contributed by atoms with E-state index in [1.54, 1.807) is 48.6 Å². The number of allylic oxidation sites excluding steroid dienone is 2. The molecule has 3 aromatic carbocycles.